The molecule has 0 atom stereocenters. The molecule has 0 aliphatic rings. The van der Waals surface area contributed by atoms with Crippen molar-refractivity contribution in [2.24, 2.45) is 0 Å². The van der Waals surface area contributed by atoms with Crippen molar-refractivity contribution in [2.45, 2.75) is 0 Å². The molecule has 0 fully saturated rings. The van der Waals surface area contributed by atoms with E-state index < -0.39 is 6.16 Å². The lowest BCUT2D eigenvalue weighted by Gasteiger charge is -1.74. The summed E-state index contributed by atoms with van der Waals surface area (Å²) in [7, 11) is 0. The van der Waals surface area contributed by atoms with Crippen LogP contribution in [0.25, 0.3) is 0 Å². The molecule has 0 aliphatic carbocycles. The average molecular weight is 163 g/mol. The minimum Gasteiger partial charge on any atom is -0.565 e. The molecule has 0 saturated carbocycles. The molecular formula is C7H17NO3. The number of hydrogen-bond donors (Lipinski definition) is 2. The zero-order chi connectivity index (χ0) is 9.58. The summed E-state index contributed by atoms with van der Waals surface area (Å²) in [5, 5.41) is 15.3. The number of quaternary nitrogens is 1. The first-order valence-corrected chi connectivity index (χ1v) is 2.13. The van der Waals surface area contributed by atoms with Gasteiger partial charge in [-0.05, 0) is 0 Å². The van der Waals surface area contributed by atoms with Crippen molar-refractivity contribution in [3.63, 3.8) is 0 Å². The van der Waals surface area contributed by atoms with E-state index in [2.05, 4.69) is 39.5 Å². The zero-order valence-electron chi connectivity index (χ0n) is 7.01. The summed E-state index contributed by atoms with van der Waals surface area (Å²) in [6, 6.07) is 0. The normalized spacial score (nSPS) is 3.27. The van der Waals surface area contributed by atoms with Gasteiger partial charge in [0.1, 0.15) is 0 Å². The van der Waals surface area contributed by atoms with Crippen LogP contribution >= 0.6 is 0 Å². The van der Waals surface area contributed by atoms with Gasteiger partial charge in [-0.15, -0.1) is 39.5 Å². The topological polar surface area (TPSA) is 96.9 Å². The lowest BCUT2D eigenvalue weighted by molar-refractivity contribution is -0.275. The Bertz CT molecular complexity index is 58.0. The van der Waals surface area contributed by atoms with Crippen molar-refractivity contribution in [2.75, 3.05) is 0 Å². The van der Waals surface area contributed by atoms with Gasteiger partial charge in [-0.2, -0.15) is 0 Å². The molecule has 0 amide bonds. The zero-order valence-corrected chi connectivity index (χ0v) is 7.01. The fourth-order valence-electron chi connectivity index (χ4n) is 0. The molecule has 0 aliphatic heterocycles. The molecule has 0 bridgehead atoms. The largest absolute Gasteiger partial charge is 0.565 e. The maximum Gasteiger partial charge on any atom is 0.249 e. The van der Waals surface area contributed by atoms with Gasteiger partial charge in [-0.25, -0.2) is 0 Å². The smallest absolute Gasteiger partial charge is 0.249 e. The molecule has 0 aromatic carbocycles. The lowest BCUT2D eigenvalue weighted by atomic mass is 11.3. The quantitative estimate of drug-likeness (QED) is 0.531. The number of carboxylic acid groups (broad SMARTS) is 2. The maximum absolute atomic E-state index is 8.44. The van der Waals surface area contributed by atoms with Crippen LogP contribution in [-0.4, -0.2) is 11.3 Å². The van der Waals surface area contributed by atoms with E-state index in [9.17, 15) is 0 Å². The maximum atomic E-state index is 8.44. The monoisotopic (exact) mass is 163 g/mol. The van der Waals surface area contributed by atoms with E-state index in [1.165, 1.54) is 0 Å². The van der Waals surface area contributed by atoms with Crippen LogP contribution in [0.3, 0.4) is 0 Å². The molecule has 0 aromatic heterocycles. The Morgan fingerprint density at radius 2 is 1.00 bits per heavy atom. The third-order valence-electron chi connectivity index (χ3n) is 0. The molecule has 0 spiro atoms. The van der Waals surface area contributed by atoms with E-state index in [0.717, 1.165) is 0 Å². The van der Waals surface area contributed by atoms with Gasteiger partial charge in [0, 0.05) is 0 Å². The first-order chi connectivity index (χ1) is 4.73. The molecule has 11 heavy (non-hydrogen) atoms. The van der Waals surface area contributed by atoms with Crippen LogP contribution in [0.4, 0.5) is 4.79 Å². The van der Waals surface area contributed by atoms with Gasteiger partial charge >= 0.3 is 0 Å². The highest BCUT2D eigenvalue weighted by Gasteiger charge is 1.51. The third-order valence-corrected chi connectivity index (χ3v) is 0. The molecule has 4 heteroatoms. The predicted molar refractivity (Wildman–Crippen MR) is 47.8 cm³/mol. The second-order valence-electron chi connectivity index (χ2n) is 0.266. The molecule has 4 nitrogen and oxygen atoms in total. The molecule has 68 valence electrons. The fraction of sp³-hybridized carbons (Fsp3) is 0. The van der Waals surface area contributed by atoms with Gasteiger partial charge in [-0.1, -0.05) is 0 Å². The number of carbonyl (C=O) groups is 1. The second kappa shape index (κ2) is 223. The van der Waals surface area contributed by atoms with Gasteiger partial charge in [0.05, 0.1) is 0 Å². The van der Waals surface area contributed by atoms with Crippen LogP contribution < -0.4 is 11.3 Å². The predicted octanol–water partition coefficient (Wildman–Crippen LogP) is 1.67. The van der Waals surface area contributed by atoms with Gasteiger partial charge in [0.25, 0.3) is 0 Å². The Balaban J connectivity index is -0.0000000152. The molecule has 0 heterocycles. The summed E-state index contributed by atoms with van der Waals surface area (Å²) in [5.74, 6) is 0. The van der Waals surface area contributed by atoms with E-state index in [1.807, 2.05) is 0 Å². The Kier molecular flexibility index (Phi) is 691. The van der Waals surface area contributed by atoms with Gasteiger partial charge in [0.2, 0.25) is 6.16 Å². The highest BCUT2D eigenvalue weighted by atomic mass is 16.6. The summed E-state index contributed by atoms with van der Waals surface area (Å²) in [4.78, 5) is 8.44. The summed E-state index contributed by atoms with van der Waals surface area (Å²) >= 11 is 0. The molecule has 5 N–H and O–H groups in total. The van der Waals surface area contributed by atoms with Crippen molar-refractivity contribution >= 4 is 6.16 Å². The Morgan fingerprint density at radius 3 is 1.00 bits per heavy atom. The Morgan fingerprint density at radius 1 is 1.00 bits per heavy atom. The Hall–Kier alpha value is -1.55. The van der Waals surface area contributed by atoms with Crippen LogP contribution in [0, 0.1) is 0 Å². The second-order valence-corrected chi connectivity index (χ2v) is 0.266. The first kappa shape index (κ1) is 34.1. The van der Waals surface area contributed by atoms with Crippen LogP contribution in [-0.2, 0) is 0 Å². The van der Waals surface area contributed by atoms with Crippen LogP contribution in [0.5, 0.6) is 0 Å². The SMILES string of the molecule is C=C.C=C.C=C.O=C([O-])O.[NH4+]. The van der Waals surface area contributed by atoms with Gasteiger partial charge in [-0.3, -0.25) is 0 Å². The minimum atomic E-state index is -2.08. The highest BCUT2D eigenvalue weighted by molar-refractivity contribution is 5.50. The van der Waals surface area contributed by atoms with E-state index in [0.29, 0.717) is 0 Å². The molecule has 0 unspecified atom stereocenters. The summed E-state index contributed by atoms with van der Waals surface area (Å²) in [6.45, 7) is 18.0. The van der Waals surface area contributed by atoms with E-state index in [1.54, 1.807) is 0 Å². The van der Waals surface area contributed by atoms with Gasteiger partial charge < -0.3 is 21.2 Å². The van der Waals surface area contributed by atoms with Crippen LogP contribution in [0.2, 0.25) is 0 Å². The van der Waals surface area contributed by atoms with E-state index >= 15 is 0 Å². The average Bonchev–Trinajstić information content (AvgIpc) is 1.98. The number of hydrogen-bond acceptors (Lipinski definition) is 2. The third kappa shape index (κ3) is 146. The minimum absolute atomic E-state index is 0. The summed E-state index contributed by atoms with van der Waals surface area (Å²) in [5.41, 5.74) is 0. The molecule has 0 rings (SSSR count). The standard InChI is InChI=1S/3C2H4.CH2O3.H3N/c3*1-2;2-1(3)4;/h3*1-2H2;(H2,2,3,4);1H3. The van der Waals surface area contributed by atoms with Gasteiger partial charge in [0.15, 0.2) is 0 Å². The van der Waals surface area contributed by atoms with Crippen LogP contribution in [0.15, 0.2) is 39.5 Å². The Labute approximate surface area is 67.8 Å². The highest BCUT2D eigenvalue weighted by Crippen LogP contribution is 1.32. The fourth-order valence-corrected chi connectivity index (χ4v) is 0. The summed E-state index contributed by atoms with van der Waals surface area (Å²) < 4.78 is 0. The van der Waals surface area contributed by atoms with Crippen LogP contribution in [0.1, 0.15) is 0 Å². The van der Waals surface area contributed by atoms with E-state index in [4.69, 9.17) is 15.0 Å². The molecular weight excluding hydrogens is 146 g/mol. The van der Waals surface area contributed by atoms with Crippen molar-refractivity contribution in [1.29, 1.82) is 0 Å². The molecule has 0 aromatic rings. The first-order valence-electron chi connectivity index (χ1n) is 2.13. The number of rotatable bonds is 0. The van der Waals surface area contributed by atoms with Crippen molar-refractivity contribution in [3.05, 3.63) is 39.5 Å². The molecule has 0 radical (unpaired) electrons. The van der Waals surface area contributed by atoms with E-state index in [-0.39, 0.29) is 6.15 Å². The lowest BCUT2D eigenvalue weighted by Crippen LogP contribution is -2.17. The van der Waals surface area contributed by atoms with Crippen molar-refractivity contribution in [1.82, 2.24) is 6.15 Å². The van der Waals surface area contributed by atoms with Crippen molar-refractivity contribution < 1.29 is 15.0 Å². The summed E-state index contributed by atoms with van der Waals surface area (Å²) in [6.07, 6.45) is -2.08. The molecule has 0 saturated heterocycles. The van der Waals surface area contributed by atoms with Crippen molar-refractivity contribution in [3.8, 4) is 0 Å².